The van der Waals surface area contributed by atoms with E-state index in [1.165, 1.54) is 4.88 Å². The predicted molar refractivity (Wildman–Crippen MR) is 65.0 cm³/mol. The van der Waals surface area contributed by atoms with E-state index in [9.17, 15) is 0 Å². The summed E-state index contributed by atoms with van der Waals surface area (Å²) >= 11 is 11.1. The third kappa shape index (κ3) is 2.00. The molecule has 0 aliphatic rings. The lowest BCUT2D eigenvalue weighted by molar-refractivity contribution is 1.20. The molecule has 0 saturated carbocycles. The van der Waals surface area contributed by atoms with Gasteiger partial charge in [-0.2, -0.15) is 0 Å². The summed E-state index contributed by atoms with van der Waals surface area (Å²) in [5.41, 5.74) is 1.93. The number of hydrogen-bond acceptors (Lipinski definition) is 2. The summed E-state index contributed by atoms with van der Waals surface area (Å²) in [6, 6.07) is 4.01. The van der Waals surface area contributed by atoms with Crippen molar-refractivity contribution >= 4 is 38.9 Å². The first-order chi connectivity index (χ1) is 6.66. The Morgan fingerprint density at radius 1 is 1.43 bits per heavy atom. The molecular formula is C10H7BrClNS. The maximum atomic E-state index is 6.00. The zero-order valence-corrected chi connectivity index (χ0v) is 10.6. The molecule has 0 aliphatic carbocycles. The van der Waals surface area contributed by atoms with Gasteiger partial charge in [0.2, 0.25) is 0 Å². The zero-order valence-electron chi connectivity index (χ0n) is 7.42. The van der Waals surface area contributed by atoms with Gasteiger partial charge >= 0.3 is 0 Å². The maximum absolute atomic E-state index is 6.00. The molecule has 0 aromatic carbocycles. The molecule has 72 valence electrons. The van der Waals surface area contributed by atoms with E-state index < -0.39 is 0 Å². The fourth-order valence-electron chi connectivity index (χ4n) is 1.11. The summed E-state index contributed by atoms with van der Waals surface area (Å²) in [7, 11) is 0. The van der Waals surface area contributed by atoms with E-state index in [0.717, 1.165) is 15.7 Å². The summed E-state index contributed by atoms with van der Waals surface area (Å²) in [5, 5.41) is 2.76. The molecule has 0 spiro atoms. The van der Waals surface area contributed by atoms with Crippen LogP contribution in [0.3, 0.4) is 0 Å². The number of aryl methyl sites for hydroxylation is 1. The lowest BCUT2D eigenvalue weighted by Crippen LogP contribution is -1.82. The molecule has 0 aliphatic heterocycles. The minimum atomic E-state index is 0.715. The van der Waals surface area contributed by atoms with Crippen LogP contribution in [0.5, 0.6) is 0 Å². The van der Waals surface area contributed by atoms with Crippen molar-refractivity contribution in [2.75, 3.05) is 0 Å². The average Bonchev–Trinajstić information content (AvgIpc) is 2.57. The molecule has 0 fully saturated rings. The second kappa shape index (κ2) is 4.01. The highest BCUT2D eigenvalue weighted by atomic mass is 79.9. The van der Waals surface area contributed by atoms with Gasteiger partial charge in [-0.05, 0) is 35.0 Å². The molecule has 0 N–H and O–H groups in total. The van der Waals surface area contributed by atoms with Gasteiger partial charge in [0.15, 0.2) is 0 Å². The van der Waals surface area contributed by atoms with Crippen LogP contribution in [-0.4, -0.2) is 4.98 Å². The molecule has 2 rings (SSSR count). The normalized spacial score (nSPS) is 10.5. The van der Waals surface area contributed by atoms with Crippen molar-refractivity contribution in [3.8, 4) is 10.4 Å². The lowest BCUT2D eigenvalue weighted by Gasteiger charge is -1.99. The fraction of sp³-hybridized carbons (Fsp3) is 0.100. The van der Waals surface area contributed by atoms with Gasteiger partial charge in [0.1, 0.15) is 0 Å². The van der Waals surface area contributed by atoms with Crippen LogP contribution in [0.4, 0.5) is 0 Å². The van der Waals surface area contributed by atoms with E-state index >= 15 is 0 Å². The molecule has 14 heavy (non-hydrogen) atoms. The van der Waals surface area contributed by atoms with Crippen LogP contribution in [0, 0.1) is 6.92 Å². The largest absolute Gasteiger partial charge is 0.259 e. The van der Waals surface area contributed by atoms with Crippen LogP contribution >= 0.6 is 38.9 Å². The predicted octanol–water partition coefficient (Wildman–Crippen LogP) is 4.53. The lowest BCUT2D eigenvalue weighted by atomic mass is 10.2. The summed E-state index contributed by atoms with van der Waals surface area (Å²) in [6.45, 7) is 1.90. The summed E-state index contributed by atoms with van der Waals surface area (Å²) in [6.07, 6.45) is 1.85. The molecule has 2 heterocycles. The molecule has 0 bridgehead atoms. The SMILES string of the molecule is Cc1ncc(-c2cc(Br)cs2)cc1Cl. The topological polar surface area (TPSA) is 12.9 Å². The number of hydrogen-bond donors (Lipinski definition) is 0. The van der Waals surface area contributed by atoms with Crippen LogP contribution in [0.15, 0.2) is 28.2 Å². The second-order valence-corrected chi connectivity index (χ2v) is 5.15. The Balaban J connectivity index is 2.47. The highest BCUT2D eigenvalue weighted by Crippen LogP contribution is 2.31. The van der Waals surface area contributed by atoms with Gasteiger partial charge in [0, 0.05) is 26.5 Å². The Hall–Kier alpha value is -0.380. The maximum Gasteiger partial charge on any atom is 0.0625 e. The average molecular weight is 289 g/mol. The minimum Gasteiger partial charge on any atom is -0.259 e. The molecule has 2 aromatic heterocycles. The van der Waals surface area contributed by atoms with Crippen LogP contribution < -0.4 is 0 Å². The molecule has 0 amide bonds. The Bertz CT molecular complexity index is 467. The first-order valence-electron chi connectivity index (χ1n) is 4.03. The van der Waals surface area contributed by atoms with E-state index in [4.69, 9.17) is 11.6 Å². The molecule has 1 nitrogen and oxygen atoms in total. The number of rotatable bonds is 1. The van der Waals surface area contributed by atoms with Crippen molar-refractivity contribution < 1.29 is 0 Å². The highest BCUT2D eigenvalue weighted by molar-refractivity contribution is 9.10. The van der Waals surface area contributed by atoms with E-state index in [2.05, 4.69) is 27.0 Å². The smallest absolute Gasteiger partial charge is 0.0625 e. The number of nitrogens with zero attached hydrogens (tertiary/aromatic N) is 1. The highest BCUT2D eigenvalue weighted by Gasteiger charge is 2.04. The molecule has 0 atom stereocenters. The first-order valence-corrected chi connectivity index (χ1v) is 6.08. The summed E-state index contributed by atoms with van der Waals surface area (Å²) in [5.74, 6) is 0. The second-order valence-electron chi connectivity index (χ2n) is 2.92. The fourth-order valence-corrected chi connectivity index (χ4v) is 2.68. The Morgan fingerprint density at radius 2 is 2.21 bits per heavy atom. The summed E-state index contributed by atoms with van der Waals surface area (Å²) < 4.78 is 1.09. The Labute approximate surface area is 99.9 Å². The van der Waals surface area contributed by atoms with Crippen LogP contribution in [-0.2, 0) is 0 Å². The Kier molecular flexibility index (Phi) is 2.91. The van der Waals surface area contributed by atoms with E-state index in [1.54, 1.807) is 11.3 Å². The van der Waals surface area contributed by atoms with Crippen molar-refractivity contribution in [2.45, 2.75) is 6.92 Å². The van der Waals surface area contributed by atoms with E-state index in [0.29, 0.717) is 5.02 Å². The van der Waals surface area contributed by atoms with Gasteiger partial charge in [-0.3, -0.25) is 4.98 Å². The third-order valence-corrected chi connectivity index (χ3v) is 4.00. The third-order valence-electron chi connectivity index (χ3n) is 1.88. The zero-order chi connectivity index (χ0) is 10.1. The molecule has 2 aromatic rings. The molecule has 0 saturated heterocycles. The van der Waals surface area contributed by atoms with Crippen molar-refractivity contribution in [3.63, 3.8) is 0 Å². The number of thiophene rings is 1. The standard InChI is InChI=1S/C10H7BrClNS/c1-6-9(12)2-7(4-13-6)10-3-8(11)5-14-10/h2-5H,1H3. The molecule has 0 unspecified atom stereocenters. The van der Waals surface area contributed by atoms with Gasteiger partial charge in [-0.25, -0.2) is 0 Å². The monoisotopic (exact) mass is 287 g/mol. The van der Waals surface area contributed by atoms with Gasteiger partial charge in [0.25, 0.3) is 0 Å². The van der Waals surface area contributed by atoms with Crippen LogP contribution in [0.25, 0.3) is 10.4 Å². The van der Waals surface area contributed by atoms with Crippen molar-refractivity contribution in [2.24, 2.45) is 0 Å². The number of pyridine rings is 1. The number of aromatic nitrogens is 1. The quantitative estimate of drug-likeness (QED) is 0.751. The first kappa shape index (κ1) is 10.1. The number of halogens is 2. The van der Waals surface area contributed by atoms with Gasteiger partial charge in [0.05, 0.1) is 10.7 Å². The minimum absolute atomic E-state index is 0.715. The van der Waals surface area contributed by atoms with Gasteiger partial charge in [-0.1, -0.05) is 11.6 Å². The Morgan fingerprint density at radius 3 is 2.79 bits per heavy atom. The van der Waals surface area contributed by atoms with Crippen LogP contribution in [0.1, 0.15) is 5.69 Å². The van der Waals surface area contributed by atoms with E-state index in [-0.39, 0.29) is 0 Å². The van der Waals surface area contributed by atoms with Gasteiger partial charge < -0.3 is 0 Å². The molecule has 4 heteroatoms. The van der Waals surface area contributed by atoms with Crippen molar-refractivity contribution in [3.05, 3.63) is 38.9 Å². The summed E-state index contributed by atoms with van der Waals surface area (Å²) in [4.78, 5) is 5.40. The van der Waals surface area contributed by atoms with E-state index in [1.807, 2.05) is 24.6 Å². The van der Waals surface area contributed by atoms with Gasteiger partial charge in [-0.15, -0.1) is 11.3 Å². The van der Waals surface area contributed by atoms with Crippen molar-refractivity contribution in [1.29, 1.82) is 0 Å². The van der Waals surface area contributed by atoms with Crippen LogP contribution in [0.2, 0.25) is 5.02 Å². The van der Waals surface area contributed by atoms with Crippen molar-refractivity contribution in [1.82, 2.24) is 4.98 Å². The molecule has 0 radical (unpaired) electrons. The molecular weight excluding hydrogens is 282 g/mol.